The van der Waals surface area contributed by atoms with Gasteiger partial charge in [-0.25, -0.2) is 14.2 Å². The van der Waals surface area contributed by atoms with Crippen molar-refractivity contribution in [3.05, 3.63) is 35.4 Å². The van der Waals surface area contributed by atoms with Gasteiger partial charge in [-0.1, -0.05) is 6.92 Å². The summed E-state index contributed by atoms with van der Waals surface area (Å²) in [5.41, 5.74) is 2.79. The maximum Gasteiger partial charge on any atom is 0.236 e. The van der Waals surface area contributed by atoms with Gasteiger partial charge in [-0.2, -0.15) is 5.10 Å². The van der Waals surface area contributed by atoms with Crippen LogP contribution in [0.1, 0.15) is 25.8 Å². The highest BCUT2D eigenvalue weighted by Crippen LogP contribution is 2.12. The van der Waals surface area contributed by atoms with Crippen LogP contribution in [0.4, 0.5) is 8.78 Å². The van der Waals surface area contributed by atoms with Crippen LogP contribution in [0, 0.1) is 11.6 Å². The van der Waals surface area contributed by atoms with Gasteiger partial charge >= 0.3 is 0 Å². The van der Waals surface area contributed by atoms with E-state index in [-0.39, 0.29) is 11.5 Å². The number of carbonyl (C=O) groups excluding carboxylic acids is 1. The Morgan fingerprint density at radius 2 is 2.12 bits per heavy atom. The molecule has 0 aliphatic carbocycles. The van der Waals surface area contributed by atoms with E-state index in [9.17, 15) is 13.6 Å². The van der Waals surface area contributed by atoms with Gasteiger partial charge in [0.25, 0.3) is 0 Å². The molecular weight excluding hydrogens is 214 g/mol. The quantitative estimate of drug-likeness (QED) is 0.623. The van der Waals surface area contributed by atoms with Gasteiger partial charge in [-0.05, 0) is 18.6 Å². The molecule has 1 aromatic carbocycles. The van der Waals surface area contributed by atoms with Crippen LogP contribution in [0.5, 0.6) is 0 Å². The number of hydrogen-bond donors (Lipinski definition) is 1. The third-order valence-corrected chi connectivity index (χ3v) is 1.93. The molecule has 0 heterocycles. The maximum absolute atomic E-state index is 13.4. The van der Waals surface area contributed by atoms with Gasteiger partial charge in [0, 0.05) is 18.6 Å². The molecule has 1 amide bonds. The van der Waals surface area contributed by atoms with E-state index in [1.807, 2.05) is 0 Å². The normalized spacial score (nSPS) is 11.4. The second-order valence-electron chi connectivity index (χ2n) is 3.20. The molecule has 0 bridgehead atoms. The van der Waals surface area contributed by atoms with Crippen LogP contribution in [0.15, 0.2) is 23.3 Å². The Kier molecular flexibility index (Phi) is 4.10. The lowest BCUT2D eigenvalue weighted by Crippen LogP contribution is -2.16. The van der Waals surface area contributed by atoms with Crippen molar-refractivity contribution in [2.24, 2.45) is 5.10 Å². The number of hydrazone groups is 1. The third kappa shape index (κ3) is 3.12. The van der Waals surface area contributed by atoms with Crippen molar-refractivity contribution in [3.8, 4) is 0 Å². The van der Waals surface area contributed by atoms with E-state index in [2.05, 4.69) is 10.5 Å². The van der Waals surface area contributed by atoms with Gasteiger partial charge in [0.05, 0.1) is 5.71 Å². The van der Waals surface area contributed by atoms with Gasteiger partial charge in [0.2, 0.25) is 5.91 Å². The van der Waals surface area contributed by atoms with E-state index in [1.165, 1.54) is 13.0 Å². The van der Waals surface area contributed by atoms with Crippen LogP contribution < -0.4 is 5.43 Å². The van der Waals surface area contributed by atoms with Crippen LogP contribution in [0.25, 0.3) is 0 Å². The minimum absolute atomic E-state index is 0.192. The number of halogens is 2. The van der Waals surface area contributed by atoms with E-state index in [0.29, 0.717) is 12.1 Å². The molecule has 0 aliphatic rings. The SMILES string of the molecule is CCC(=NNC(C)=O)c1ccc(F)cc1F. The molecule has 0 fully saturated rings. The summed E-state index contributed by atoms with van der Waals surface area (Å²) >= 11 is 0. The number of nitrogens with one attached hydrogen (secondary N) is 1. The lowest BCUT2D eigenvalue weighted by Gasteiger charge is -2.05. The van der Waals surface area contributed by atoms with Crippen molar-refractivity contribution in [2.75, 3.05) is 0 Å². The fourth-order valence-corrected chi connectivity index (χ4v) is 1.20. The molecule has 0 atom stereocenters. The molecule has 0 unspecified atom stereocenters. The first-order valence-corrected chi connectivity index (χ1v) is 4.83. The average Bonchev–Trinajstić information content (AvgIpc) is 2.21. The summed E-state index contributed by atoms with van der Waals surface area (Å²) in [5, 5.41) is 3.76. The number of amides is 1. The van der Waals surface area contributed by atoms with Crippen molar-refractivity contribution >= 4 is 11.6 Å². The largest absolute Gasteiger partial charge is 0.274 e. The maximum atomic E-state index is 13.4. The monoisotopic (exact) mass is 226 g/mol. The molecule has 0 saturated heterocycles. The van der Waals surface area contributed by atoms with E-state index in [4.69, 9.17) is 0 Å². The zero-order valence-electron chi connectivity index (χ0n) is 9.05. The molecule has 0 saturated carbocycles. The number of nitrogens with zero attached hydrogens (tertiary/aromatic N) is 1. The zero-order valence-corrected chi connectivity index (χ0v) is 9.05. The lowest BCUT2D eigenvalue weighted by molar-refractivity contribution is -0.118. The van der Waals surface area contributed by atoms with E-state index in [0.717, 1.165) is 12.1 Å². The summed E-state index contributed by atoms with van der Waals surface area (Å²) < 4.78 is 26.1. The molecule has 0 aromatic heterocycles. The Labute approximate surface area is 92.2 Å². The van der Waals surface area contributed by atoms with Crippen molar-refractivity contribution in [1.82, 2.24) is 5.43 Å². The first-order chi connectivity index (χ1) is 7.54. The van der Waals surface area contributed by atoms with Gasteiger partial charge in [-0.15, -0.1) is 0 Å². The number of rotatable bonds is 3. The molecule has 1 aromatic rings. The highest BCUT2D eigenvalue weighted by atomic mass is 19.1. The van der Waals surface area contributed by atoms with Crippen molar-refractivity contribution in [3.63, 3.8) is 0 Å². The minimum atomic E-state index is -0.689. The summed E-state index contributed by atoms with van der Waals surface area (Å²) in [6.45, 7) is 3.07. The van der Waals surface area contributed by atoms with Gasteiger partial charge in [0.15, 0.2) is 0 Å². The standard InChI is InChI=1S/C11H12F2N2O/c1-3-11(15-14-7(2)16)9-5-4-8(12)6-10(9)13/h4-6H,3H2,1-2H3,(H,14,16). The predicted molar refractivity (Wildman–Crippen MR) is 57.0 cm³/mol. The summed E-state index contributed by atoms with van der Waals surface area (Å²) in [5.74, 6) is -1.67. The Bertz CT molecular complexity index is 430. The topological polar surface area (TPSA) is 41.5 Å². The first-order valence-electron chi connectivity index (χ1n) is 4.83. The van der Waals surface area contributed by atoms with Crippen LogP contribution in [-0.4, -0.2) is 11.6 Å². The smallest absolute Gasteiger partial charge is 0.236 e. The predicted octanol–water partition coefficient (Wildman–Crippen LogP) is 2.21. The van der Waals surface area contributed by atoms with Crippen LogP contribution in [0.3, 0.4) is 0 Å². The Hall–Kier alpha value is -1.78. The molecule has 1 N–H and O–H groups in total. The summed E-state index contributed by atoms with van der Waals surface area (Å²) in [4.78, 5) is 10.7. The van der Waals surface area contributed by atoms with Crippen LogP contribution >= 0.6 is 0 Å². The first kappa shape index (κ1) is 12.3. The summed E-state index contributed by atoms with van der Waals surface area (Å²) in [6, 6.07) is 3.24. The van der Waals surface area contributed by atoms with E-state index < -0.39 is 11.6 Å². The van der Waals surface area contributed by atoms with Crippen LogP contribution in [0.2, 0.25) is 0 Å². The Morgan fingerprint density at radius 1 is 1.44 bits per heavy atom. The molecule has 0 spiro atoms. The van der Waals surface area contributed by atoms with E-state index in [1.54, 1.807) is 6.92 Å². The summed E-state index contributed by atoms with van der Waals surface area (Å²) in [7, 11) is 0. The molecule has 1 rings (SSSR count). The van der Waals surface area contributed by atoms with Gasteiger partial charge in [-0.3, -0.25) is 4.79 Å². The zero-order chi connectivity index (χ0) is 12.1. The van der Waals surface area contributed by atoms with Gasteiger partial charge in [0.1, 0.15) is 11.6 Å². The molecule has 86 valence electrons. The Balaban J connectivity index is 3.04. The molecular formula is C11H12F2N2O. The fraction of sp³-hybridized carbons (Fsp3) is 0.273. The fourth-order valence-electron chi connectivity index (χ4n) is 1.20. The van der Waals surface area contributed by atoms with E-state index >= 15 is 0 Å². The lowest BCUT2D eigenvalue weighted by atomic mass is 10.1. The molecule has 5 heteroatoms. The second-order valence-corrected chi connectivity index (χ2v) is 3.20. The van der Waals surface area contributed by atoms with Crippen LogP contribution in [-0.2, 0) is 4.79 Å². The highest BCUT2D eigenvalue weighted by Gasteiger charge is 2.09. The third-order valence-electron chi connectivity index (χ3n) is 1.93. The molecule has 0 aliphatic heterocycles. The average molecular weight is 226 g/mol. The van der Waals surface area contributed by atoms with Crippen molar-refractivity contribution in [1.29, 1.82) is 0 Å². The summed E-state index contributed by atoms with van der Waals surface area (Å²) in [6.07, 6.45) is 0.433. The Morgan fingerprint density at radius 3 is 2.62 bits per heavy atom. The number of hydrogen-bond acceptors (Lipinski definition) is 2. The van der Waals surface area contributed by atoms with Gasteiger partial charge < -0.3 is 0 Å². The molecule has 0 radical (unpaired) electrons. The van der Waals surface area contributed by atoms with Crippen molar-refractivity contribution < 1.29 is 13.6 Å². The molecule has 3 nitrogen and oxygen atoms in total. The van der Waals surface area contributed by atoms with Crippen molar-refractivity contribution in [2.45, 2.75) is 20.3 Å². The highest BCUT2D eigenvalue weighted by molar-refractivity contribution is 6.01. The minimum Gasteiger partial charge on any atom is -0.274 e. The number of carbonyl (C=O) groups is 1. The second kappa shape index (κ2) is 5.34. The molecule has 16 heavy (non-hydrogen) atoms. The number of benzene rings is 1.